The molecule has 0 radical (unpaired) electrons. The van der Waals surface area contributed by atoms with Crippen LogP contribution in [0.5, 0.6) is 0 Å². The summed E-state index contributed by atoms with van der Waals surface area (Å²) < 4.78 is 13.0. The zero-order valence-electron chi connectivity index (χ0n) is 10.3. The molecule has 2 rings (SSSR count). The fourth-order valence-electron chi connectivity index (χ4n) is 2.59. The third kappa shape index (κ3) is 3.15. The highest BCUT2D eigenvalue weighted by atomic mass is 32.2. The number of nitrogen functional groups attached to an aromatic ring is 1. The largest absolute Gasteiger partial charge is 0.398 e. The van der Waals surface area contributed by atoms with Gasteiger partial charge in [0, 0.05) is 15.8 Å². The Morgan fingerprint density at radius 3 is 2.82 bits per heavy atom. The average molecular weight is 253 g/mol. The zero-order valence-corrected chi connectivity index (χ0v) is 11.1. The third-order valence-electron chi connectivity index (χ3n) is 3.61. The van der Waals surface area contributed by atoms with Crippen molar-refractivity contribution in [1.82, 2.24) is 0 Å². The number of halogens is 1. The molecular formula is C14H20FNS. The van der Waals surface area contributed by atoms with Crippen molar-refractivity contribution in [1.29, 1.82) is 0 Å². The quantitative estimate of drug-likeness (QED) is 0.804. The van der Waals surface area contributed by atoms with Gasteiger partial charge in [-0.2, -0.15) is 0 Å². The number of benzene rings is 1. The number of rotatable bonds is 3. The first kappa shape index (κ1) is 12.7. The Kier molecular flexibility index (Phi) is 4.32. The van der Waals surface area contributed by atoms with Crippen LogP contribution in [0.4, 0.5) is 10.1 Å². The van der Waals surface area contributed by atoms with Crippen LogP contribution < -0.4 is 5.73 Å². The first-order chi connectivity index (χ1) is 8.20. The van der Waals surface area contributed by atoms with Crippen LogP contribution in [0, 0.1) is 11.7 Å². The van der Waals surface area contributed by atoms with Crippen molar-refractivity contribution >= 4 is 17.4 Å². The first-order valence-electron chi connectivity index (χ1n) is 6.42. The number of hydrogen-bond acceptors (Lipinski definition) is 2. The molecule has 3 heteroatoms. The lowest BCUT2D eigenvalue weighted by Crippen LogP contribution is -2.21. The lowest BCUT2D eigenvalue weighted by Gasteiger charge is -2.30. The lowest BCUT2D eigenvalue weighted by molar-refractivity contribution is 0.361. The van der Waals surface area contributed by atoms with Crippen LogP contribution in [0.3, 0.4) is 0 Å². The third-order valence-corrected chi connectivity index (χ3v) is 5.16. The molecule has 0 bridgehead atoms. The Morgan fingerprint density at radius 1 is 1.35 bits per heavy atom. The molecule has 0 heterocycles. The Bertz CT molecular complexity index is 380. The van der Waals surface area contributed by atoms with Gasteiger partial charge in [0.2, 0.25) is 0 Å². The summed E-state index contributed by atoms with van der Waals surface area (Å²) in [5.41, 5.74) is 6.44. The second-order valence-corrected chi connectivity index (χ2v) is 6.07. The number of anilines is 1. The fourth-order valence-corrected chi connectivity index (χ4v) is 4.06. The van der Waals surface area contributed by atoms with Crippen LogP contribution in [0.15, 0.2) is 23.1 Å². The Morgan fingerprint density at radius 2 is 2.12 bits per heavy atom. The van der Waals surface area contributed by atoms with E-state index in [-0.39, 0.29) is 5.82 Å². The molecule has 1 aliphatic carbocycles. The van der Waals surface area contributed by atoms with Gasteiger partial charge in [-0.05, 0) is 37.0 Å². The summed E-state index contributed by atoms with van der Waals surface area (Å²) in [6.45, 7) is 2.26. The second-order valence-electron chi connectivity index (χ2n) is 4.79. The molecule has 1 aliphatic rings. The highest BCUT2D eigenvalue weighted by molar-refractivity contribution is 8.00. The molecule has 1 nitrogen and oxygen atoms in total. The zero-order chi connectivity index (χ0) is 12.3. The first-order valence-corrected chi connectivity index (χ1v) is 7.30. The topological polar surface area (TPSA) is 26.0 Å². The molecule has 17 heavy (non-hydrogen) atoms. The van der Waals surface area contributed by atoms with E-state index >= 15 is 0 Å². The monoisotopic (exact) mass is 253 g/mol. The molecule has 2 unspecified atom stereocenters. The van der Waals surface area contributed by atoms with E-state index in [0.717, 1.165) is 10.8 Å². The SMILES string of the molecule is CCC1CCCCC1Sc1ccc(F)cc1N. The summed E-state index contributed by atoms with van der Waals surface area (Å²) in [5, 5.41) is 0.654. The Labute approximate surface area is 107 Å². The smallest absolute Gasteiger partial charge is 0.125 e. The summed E-state index contributed by atoms with van der Waals surface area (Å²) >= 11 is 1.84. The van der Waals surface area contributed by atoms with Crippen LogP contribution in [0.2, 0.25) is 0 Å². The minimum atomic E-state index is -0.248. The minimum absolute atomic E-state index is 0.248. The molecule has 0 saturated heterocycles. The molecule has 2 N–H and O–H groups in total. The van der Waals surface area contributed by atoms with Crippen LogP contribution in [0.1, 0.15) is 39.0 Å². The van der Waals surface area contributed by atoms with E-state index in [2.05, 4.69) is 6.92 Å². The summed E-state index contributed by atoms with van der Waals surface area (Å²) in [6, 6.07) is 4.74. The highest BCUT2D eigenvalue weighted by Crippen LogP contribution is 2.40. The predicted molar refractivity (Wildman–Crippen MR) is 72.7 cm³/mol. The van der Waals surface area contributed by atoms with Crippen molar-refractivity contribution in [3.63, 3.8) is 0 Å². The molecule has 2 atom stereocenters. The van der Waals surface area contributed by atoms with E-state index in [1.54, 1.807) is 0 Å². The number of nitrogens with two attached hydrogens (primary N) is 1. The van der Waals surface area contributed by atoms with Gasteiger partial charge in [-0.25, -0.2) is 4.39 Å². The molecule has 1 fully saturated rings. The summed E-state index contributed by atoms with van der Waals surface area (Å²) in [5.74, 6) is 0.542. The summed E-state index contributed by atoms with van der Waals surface area (Å²) in [7, 11) is 0. The molecule has 0 aliphatic heterocycles. The van der Waals surface area contributed by atoms with Crippen molar-refractivity contribution in [2.75, 3.05) is 5.73 Å². The van der Waals surface area contributed by atoms with Crippen molar-refractivity contribution in [2.45, 2.75) is 49.2 Å². The maximum atomic E-state index is 13.0. The predicted octanol–water partition coefficient (Wildman–Crippen LogP) is 4.47. The van der Waals surface area contributed by atoms with E-state index in [0.29, 0.717) is 10.9 Å². The van der Waals surface area contributed by atoms with Gasteiger partial charge in [0.1, 0.15) is 5.82 Å². The van der Waals surface area contributed by atoms with Crippen molar-refractivity contribution in [3.8, 4) is 0 Å². The van der Waals surface area contributed by atoms with E-state index in [1.165, 1.54) is 44.2 Å². The molecule has 0 amide bonds. The maximum absolute atomic E-state index is 13.0. The van der Waals surface area contributed by atoms with E-state index in [9.17, 15) is 4.39 Å². The van der Waals surface area contributed by atoms with Gasteiger partial charge in [-0.1, -0.05) is 26.2 Å². The molecular weight excluding hydrogens is 233 g/mol. The van der Waals surface area contributed by atoms with Gasteiger partial charge in [-0.15, -0.1) is 11.8 Å². The van der Waals surface area contributed by atoms with Gasteiger partial charge < -0.3 is 5.73 Å². The Hall–Kier alpha value is -0.700. The summed E-state index contributed by atoms with van der Waals surface area (Å²) in [6.07, 6.45) is 6.50. The van der Waals surface area contributed by atoms with Crippen LogP contribution >= 0.6 is 11.8 Å². The molecule has 1 saturated carbocycles. The standard InChI is InChI=1S/C14H20FNS/c1-2-10-5-3-4-6-13(10)17-14-8-7-11(15)9-12(14)16/h7-10,13H,2-6,16H2,1H3. The van der Waals surface area contributed by atoms with Crippen LogP contribution in [0.25, 0.3) is 0 Å². The Balaban J connectivity index is 2.08. The van der Waals surface area contributed by atoms with Crippen LogP contribution in [-0.4, -0.2) is 5.25 Å². The normalized spacial score (nSPS) is 24.8. The number of hydrogen-bond donors (Lipinski definition) is 1. The van der Waals surface area contributed by atoms with Crippen LogP contribution in [-0.2, 0) is 0 Å². The van der Waals surface area contributed by atoms with Crippen molar-refractivity contribution < 1.29 is 4.39 Å². The van der Waals surface area contributed by atoms with E-state index < -0.39 is 0 Å². The molecule has 0 aromatic heterocycles. The van der Waals surface area contributed by atoms with Gasteiger partial charge in [0.05, 0.1) is 0 Å². The van der Waals surface area contributed by atoms with Gasteiger partial charge in [0.25, 0.3) is 0 Å². The van der Waals surface area contributed by atoms with Gasteiger partial charge in [-0.3, -0.25) is 0 Å². The fraction of sp³-hybridized carbons (Fsp3) is 0.571. The van der Waals surface area contributed by atoms with Crippen molar-refractivity contribution in [3.05, 3.63) is 24.0 Å². The lowest BCUT2D eigenvalue weighted by atomic mass is 9.87. The van der Waals surface area contributed by atoms with E-state index in [1.807, 2.05) is 17.8 Å². The summed E-state index contributed by atoms with van der Waals surface area (Å²) in [4.78, 5) is 1.04. The second kappa shape index (κ2) is 5.76. The molecule has 0 spiro atoms. The van der Waals surface area contributed by atoms with Gasteiger partial charge >= 0.3 is 0 Å². The minimum Gasteiger partial charge on any atom is -0.398 e. The van der Waals surface area contributed by atoms with Crippen molar-refractivity contribution in [2.24, 2.45) is 5.92 Å². The number of thioether (sulfide) groups is 1. The van der Waals surface area contributed by atoms with E-state index in [4.69, 9.17) is 5.73 Å². The highest BCUT2D eigenvalue weighted by Gasteiger charge is 2.24. The molecule has 1 aromatic carbocycles. The maximum Gasteiger partial charge on any atom is 0.125 e. The average Bonchev–Trinajstić information content (AvgIpc) is 2.33. The molecule has 94 valence electrons. The molecule has 1 aromatic rings. The van der Waals surface area contributed by atoms with Gasteiger partial charge in [0.15, 0.2) is 0 Å².